The first kappa shape index (κ1) is 17.0. The van der Waals surface area contributed by atoms with Crippen molar-refractivity contribution in [3.05, 3.63) is 96.2 Å². The molecule has 0 atom stereocenters. The van der Waals surface area contributed by atoms with E-state index in [9.17, 15) is 4.79 Å². The molecular formula is C24H20N2O. The van der Waals surface area contributed by atoms with Crippen molar-refractivity contribution in [2.24, 2.45) is 0 Å². The van der Waals surface area contributed by atoms with Gasteiger partial charge in [0.15, 0.2) is 0 Å². The molecule has 4 rings (SSSR count). The number of hydrogen-bond donors (Lipinski definition) is 1. The van der Waals surface area contributed by atoms with E-state index in [1.165, 1.54) is 11.1 Å². The number of nitrogens with zero attached hydrogens (tertiary/aromatic N) is 1. The summed E-state index contributed by atoms with van der Waals surface area (Å²) >= 11 is 0. The third-order valence-electron chi connectivity index (χ3n) is 4.72. The first-order valence-corrected chi connectivity index (χ1v) is 9.09. The number of rotatable bonds is 4. The lowest BCUT2D eigenvalue weighted by molar-refractivity contribution is 0.102. The molecule has 1 aromatic heterocycles. The number of fused-ring (bicyclic) bond motifs is 1. The summed E-state index contributed by atoms with van der Waals surface area (Å²) in [6.45, 7) is 2.15. The van der Waals surface area contributed by atoms with Gasteiger partial charge in [-0.1, -0.05) is 55.5 Å². The normalized spacial score (nSPS) is 10.7. The standard InChI is InChI=1S/C24H20N2O/c1-2-17-6-3-4-8-22(17)18-9-11-20(12-10-18)24(27)26-21-14-13-19-7-5-15-25-23(19)16-21/h3-16H,2H2,1H3,(H,26,27). The summed E-state index contributed by atoms with van der Waals surface area (Å²) in [5, 5.41) is 4.00. The van der Waals surface area contributed by atoms with Crippen LogP contribution in [0.3, 0.4) is 0 Å². The minimum atomic E-state index is -0.124. The van der Waals surface area contributed by atoms with Crippen molar-refractivity contribution in [3.63, 3.8) is 0 Å². The first-order chi connectivity index (χ1) is 13.2. The summed E-state index contributed by atoms with van der Waals surface area (Å²) in [6.07, 6.45) is 2.73. The van der Waals surface area contributed by atoms with Crippen molar-refractivity contribution in [2.75, 3.05) is 5.32 Å². The molecular weight excluding hydrogens is 332 g/mol. The summed E-state index contributed by atoms with van der Waals surface area (Å²) in [7, 11) is 0. The average Bonchev–Trinajstić information content (AvgIpc) is 2.73. The number of nitrogens with one attached hydrogen (secondary N) is 1. The summed E-state index contributed by atoms with van der Waals surface area (Å²) in [4.78, 5) is 16.9. The number of aromatic nitrogens is 1. The van der Waals surface area contributed by atoms with Gasteiger partial charge in [0.05, 0.1) is 5.52 Å². The van der Waals surface area contributed by atoms with Gasteiger partial charge in [0.1, 0.15) is 0 Å². The smallest absolute Gasteiger partial charge is 0.255 e. The van der Waals surface area contributed by atoms with Crippen LogP contribution in [0.15, 0.2) is 85.1 Å². The van der Waals surface area contributed by atoms with E-state index in [-0.39, 0.29) is 5.91 Å². The molecule has 0 radical (unpaired) electrons. The predicted molar refractivity (Wildman–Crippen MR) is 111 cm³/mol. The number of pyridine rings is 1. The Labute approximate surface area is 158 Å². The maximum atomic E-state index is 12.6. The van der Waals surface area contributed by atoms with Crippen LogP contribution < -0.4 is 5.32 Å². The summed E-state index contributed by atoms with van der Waals surface area (Å²) in [5.41, 5.74) is 5.88. The van der Waals surface area contributed by atoms with Crippen LogP contribution in [0.1, 0.15) is 22.8 Å². The maximum absolute atomic E-state index is 12.6. The van der Waals surface area contributed by atoms with E-state index in [2.05, 4.69) is 35.4 Å². The van der Waals surface area contributed by atoms with Gasteiger partial charge in [0, 0.05) is 22.8 Å². The molecule has 0 aliphatic rings. The number of hydrogen-bond acceptors (Lipinski definition) is 2. The molecule has 0 bridgehead atoms. The molecule has 0 aliphatic carbocycles. The number of anilines is 1. The number of benzene rings is 3. The van der Waals surface area contributed by atoms with Crippen molar-refractivity contribution in [1.29, 1.82) is 0 Å². The summed E-state index contributed by atoms with van der Waals surface area (Å²) in [5.74, 6) is -0.124. The Morgan fingerprint density at radius 2 is 1.74 bits per heavy atom. The zero-order valence-electron chi connectivity index (χ0n) is 15.1. The quantitative estimate of drug-likeness (QED) is 0.510. The van der Waals surface area contributed by atoms with E-state index in [4.69, 9.17) is 0 Å². The van der Waals surface area contributed by atoms with E-state index < -0.39 is 0 Å². The fourth-order valence-corrected chi connectivity index (χ4v) is 3.26. The van der Waals surface area contributed by atoms with Crippen LogP contribution in [-0.2, 0) is 6.42 Å². The zero-order chi connectivity index (χ0) is 18.6. The van der Waals surface area contributed by atoms with Crippen molar-refractivity contribution >= 4 is 22.5 Å². The van der Waals surface area contributed by atoms with Gasteiger partial charge in [-0.05, 0) is 53.4 Å². The van der Waals surface area contributed by atoms with Crippen LogP contribution in [0.25, 0.3) is 22.0 Å². The Hall–Kier alpha value is -3.46. The van der Waals surface area contributed by atoms with Gasteiger partial charge < -0.3 is 5.32 Å². The van der Waals surface area contributed by atoms with E-state index >= 15 is 0 Å². The molecule has 1 heterocycles. The molecule has 1 amide bonds. The third kappa shape index (κ3) is 3.58. The van der Waals surface area contributed by atoms with Gasteiger partial charge in [0.2, 0.25) is 0 Å². The summed E-state index contributed by atoms with van der Waals surface area (Å²) in [6, 6.07) is 25.8. The number of carbonyl (C=O) groups is 1. The number of carbonyl (C=O) groups excluding carboxylic acids is 1. The van der Waals surface area contributed by atoms with Crippen LogP contribution in [0, 0.1) is 0 Å². The molecule has 1 N–H and O–H groups in total. The van der Waals surface area contributed by atoms with E-state index in [0.29, 0.717) is 5.56 Å². The molecule has 132 valence electrons. The third-order valence-corrected chi connectivity index (χ3v) is 4.72. The van der Waals surface area contributed by atoms with Gasteiger partial charge in [0.25, 0.3) is 5.91 Å². The highest BCUT2D eigenvalue weighted by atomic mass is 16.1. The molecule has 0 aliphatic heterocycles. The molecule has 0 fully saturated rings. The molecule has 4 aromatic rings. The fourth-order valence-electron chi connectivity index (χ4n) is 3.26. The summed E-state index contributed by atoms with van der Waals surface area (Å²) < 4.78 is 0. The Morgan fingerprint density at radius 3 is 2.56 bits per heavy atom. The Balaban J connectivity index is 1.55. The minimum absolute atomic E-state index is 0.124. The zero-order valence-corrected chi connectivity index (χ0v) is 15.1. The second-order valence-electron chi connectivity index (χ2n) is 6.45. The van der Waals surface area contributed by atoms with Crippen molar-refractivity contribution in [1.82, 2.24) is 4.98 Å². The second kappa shape index (κ2) is 7.42. The van der Waals surface area contributed by atoms with Crippen molar-refractivity contribution in [2.45, 2.75) is 13.3 Å². The van der Waals surface area contributed by atoms with Crippen LogP contribution in [0.2, 0.25) is 0 Å². The van der Waals surface area contributed by atoms with Crippen LogP contribution >= 0.6 is 0 Å². The van der Waals surface area contributed by atoms with Crippen LogP contribution in [-0.4, -0.2) is 10.9 Å². The van der Waals surface area contributed by atoms with E-state index in [1.807, 2.05) is 60.7 Å². The van der Waals surface area contributed by atoms with Crippen molar-refractivity contribution in [3.8, 4) is 11.1 Å². The topological polar surface area (TPSA) is 42.0 Å². The number of amides is 1. The highest BCUT2D eigenvalue weighted by Crippen LogP contribution is 2.25. The molecule has 0 spiro atoms. The van der Waals surface area contributed by atoms with E-state index in [1.54, 1.807) is 6.20 Å². The lowest BCUT2D eigenvalue weighted by atomic mass is 9.97. The molecule has 3 aromatic carbocycles. The van der Waals surface area contributed by atoms with Gasteiger partial charge in [-0.2, -0.15) is 0 Å². The fraction of sp³-hybridized carbons (Fsp3) is 0.0833. The Bertz CT molecular complexity index is 1100. The molecule has 0 saturated heterocycles. The molecule has 0 unspecified atom stereocenters. The molecule has 3 nitrogen and oxygen atoms in total. The lowest BCUT2D eigenvalue weighted by Gasteiger charge is -2.10. The van der Waals surface area contributed by atoms with Crippen LogP contribution in [0.5, 0.6) is 0 Å². The van der Waals surface area contributed by atoms with Gasteiger partial charge in [-0.15, -0.1) is 0 Å². The van der Waals surface area contributed by atoms with Gasteiger partial charge in [-0.3, -0.25) is 9.78 Å². The maximum Gasteiger partial charge on any atom is 0.255 e. The Morgan fingerprint density at radius 1 is 0.926 bits per heavy atom. The largest absolute Gasteiger partial charge is 0.322 e. The first-order valence-electron chi connectivity index (χ1n) is 9.09. The molecule has 3 heteroatoms. The monoisotopic (exact) mass is 352 g/mol. The van der Waals surface area contributed by atoms with Gasteiger partial charge in [-0.25, -0.2) is 0 Å². The Kier molecular flexibility index (Phi) is 4.67. The second-order valence-corrected chi connectivity index (χ2v) is 6.45. The highest BCUT2D eigenvalue weighted by Gasteiger charge is 2.08. The number of aryl methyl sites for hydroxylation is 1. The van der Waals surface area contributed by atoms with Crippen LogP contribution in [0.4, 0.5) is 5.69 Å². The van der Waals surface area contributed by atoms with E-state index in [0.717, 1.165) is 28.6 Å². The predicted octanol–water partition coefficient (Wildman–Crippen LogP) is 5.72. The van der Waals surface area contributed by atoms with Gasteiger partial charge >= 0.3 is 0 Å². The van der Waals surface area contributed by atoms with Crippen molar-refractivity contribution < 1.29 is 4.79 Å². The minimum Gasteiger partial charge on any atom is -0.322 e. The molecule has 0 saturated carbocycles. The SMILES string of the molecule is CCc1ccccc1-c1ccc(C(=O)Nc2ccc3cccnc3c2)cc1. The average molecular weight is 352 g/mol. The highest BCUT2D eigenvalue weighted by molar-refractivity contribution is 6.05. The lowest BCUT2D eigenvalue weighted by Crippen LogP contribution is -2.11. The molecule has 27 heavy (non-hydrogen) atoms.